The van der Waals surface area contributed by atoms with Crippen LogP contribution in [0.25, 0.3) is 0 Å². The molecule has 0 aliphatic carbocycles. The van der Waals surface area contributed by atoms with Gasteiger partial charge in [-0.1, -0.05) is 72.8 Å². The monoisotopic (exact) mass is 646 g/mol. The molecule has 6 aromatic rings. The third-order valence-corrected chi connectivity index (χ3v) is 10.0. The van der Waals surface area contributed by atoms with Crippen LogP contribution >= 0.6 is 0 Å². The van der Waals surface area contributed by atoms with Crippen molar-refractivity contribution in [1.82, 2.24) is 0 Å². The smallest absolute Gasteiger partial charge is 0.0314 e. The molecule has 0 atom stereocenters. The van der Waals surface area contributed by atoms with Crippen LogP contribution in [0.1, 0.15) is 70.9 Å². The fraction of sp³-hybridized carbons (Fsp3) is 0.163. The largest absolute Gasteiger partial charge is 0.399 e. The molecule has 248 valence electrons. The summed E-state index contributed by atoms with van der Waals surface area (Å²) in [5.74, 6) is 0.237. The van der Waals surface area contributed by atoms with Crippen molar-refractivity contribution in [3.05, 3.63) is 179 Å². The van der Waals surface area contributed by atoms with E-state index in [4.69, 9.17) is 34.4 Å². The van der Waals surface area contributed by atoms with Gasteiger partial charge in [-0.25, -0.2) is 0 Å². The quantitative estimate of drug-likeness (QED) is 0.0731. The van der Waals surface area contributed by atoms with Gasteiger partial charge in [-0.05, 0) is 132 Å². The first-order valence-corrected chi connectivity index (χ1v) is 16.8. The van der Waals surface area contributed by atoms with Crippen LogP contribution in [0, 0.1) is 0 Å². The highest BCUT2D eigenvalue weighted by molar-refractivity contribution is 5.51. The van der Waals surface area contributed by atoms with Gasteiger partial charge < -0.3 is 34.4 Å². The summed E-state index contributed by atoms with van der Waals surface area (Å²) < 4.78 is 0. The number of benzene rings is 6. The SMILES string of the molecule is Nc1ccc(C(CCC(CCC(c2ccc(N)cc2)c2ccc(N)cc2)(c2ccc(N)cc2)c2ccc(N)cc2)c2ccc(N)cc2)cc1. The van der Waals surface area contributed by atoms with Crippen LogP contribution < -0.4 is 34.4 Å². The predicted molar refractivity (Wildman–Crippen MR) is 208 cm³/mol. The van der Waals surface area contributed by atoms with Gasteiger partial charge in [0.15, 0.2) is 0 Å². The van der Waals surface area contributed by atoms with Gasteiger partial charge in [-0.3, -0.25) is 0 Å². The number of nitrogens with two attached hydrogens (primary N) is 6. The van der Waals surface area contributed by atoms with Gasteiger partial charge in [0.2, 0.25) is 0 Å². The van der Waals surface area contributed by atoms with Crippen LogP contribution in [0.3, 0.4) is 0 Å². The van der Waals surface area contributed by atoms with Crippen molar-refractivity contribution in [3.8, 4) is 0 Å². The molecular formula is C43H46N6. The molecule has 6 heteroatoms. The second-order valence-corrected chi connectivity index (χ2v) is 13.2. The van der Waals surface area contributed by atoms with E-state index in [0.29, 0.717) is 0 Å². The predicted octanol–water partition coefficient (Wildman–Crippen LogP) is 8.69. The van der Waals surface area contributed by atoms with E-state index in [0.717, 1.165) is 59.8 Å². The van der Waals surface area contributed by atoms with Crippen molar-refractivity contribution in [2.24, 2.45) is 0 Å². The Hall–Kier alpha value is -5.88. The molecule has 12 N–H and O–H groups in total. The molecule has 0 fully saturated rings. The van der Waals surface area contributed by atoms with Crippen molar-refractivity contribution in [2.75, 3.05) is 34.4 Å². The van der Waals surface area contributed by atoms with Gasteiger partial charge in [-0.2, -0.15) is 0 Å². The normalized spacial score (nSPS) is 11.6. The maximum atomic E-state index is 6.27. The van der Waals surface area contributed by atoms with E-state index in [1.165, 1.54) is 33.4 Å². The third-order valence-electron chi connectivity index (χ3n) is 10.0. The topological polar surface area (TPSA) is 156 Å². The summed E-state index contributed by atoms with van der Waals surface area (Å²) >= 11 is 0. The average molecular weight is 647 g/mol. The van der Waals surface area contributed by atoms with Crippen LogP contribution in [0.4, 0.5) is 34.1 Å². The maximum absolute atomic E-state index is 6.27. The average Bonchev–Trinajstić information content (AvgIpc) is 3.11. The van der Waals surface area contributed by atoms with Crippen LogP contribution in [0.2, 0.25) is 0 Å². The molecule has 0 aromatic heterocycles. The second kappa shape index (κ2) is 14.5. The van der Waals surface area contributed by atoms with E-state index in [1.54, 1.807) is 0 Å². The number of hydrogen-bond acceptors (Lipinski definition) is 6. The fourth-order valence-corrected chi connectivity index (χ4v) is 7.22. The van der Waals surface area contributed by atoms with Crippen molar-refractivity contribution in [3.63, 3.8) is 0 Å². The number of nitrogen functional groups attached to an aromatic ring is 6. The molecule has 49 heavy (non-hydrogen) atoms. The zero-order valence-corrected chi connectivity index (χ0v) is 27.8. The van der Waals surface area contributed by atoms with Gasteiger partial charge in [-0.15, -0.1) is 0 Å². The summed E-state index contributed by atoms with van der Waals surface area (Å²) in [5.41, 5.74) is 48.4. The lowest BCUT2D eigenvalue weighted by Crippen LogP contribution is -2.30. The molecule has 6 rings (SSSR count). The second-order valence-electron chi connectivity index (χ2n) is 13.2. The van der Waals surface area contributed by atoms with Crippen LogP contribution in [-0.4, -0.2) is 0 Å². The molecule has 0 saturated carbocycles. The Kier molecular flexibility index (Phi) is 9.77. The molecule has 6 aromatic carbocycles. The van der Waals surface area contributed by atoms with Gasteiger partial charge in [0.05, 0.1) is 0 Å². The van der Waals surface area contributed by atoms with Crippen LogP contribution in [0.5, 0.6) is 0 Å². The molecule has 0 spiro atoms. The maximum Gasteiger partial charge on any atom is 0.0314 e. The van der Waals surface area contributed by atoms with E-state index in [9.17, 15) is 0 Å². The van der Waals surface area contributed by atoms with Crippen molar-refractivity contribution < 1.29 is 0 Å². The zero-order chi connectivity index (χ0) is 34.4. The number of anilines is 6. The Bertz CT molecular complexity index is 1690. The summed E-state index contributed by atoms with van der Waals surface area (Å²) in [7, 11) is 0. The van der Waals surface area contributed by atoms with Crippen molar-refractivity contribution in [1.29, 1.82) is 0 Å². The minimum atomic E-state index is -0.374. The lowest BCUT2D eigenvalue weighted by molar-refractivity contribution is 0.392. The van der Waals surface area contributed by atoms with Gasteiger partial charge >= 0.3 is 0 Å². The molecule has 0 bridgehead atoms. The first kappa shape index (κ1) is 33.0. The minimum absolute atomic E-state index is 0.119. The van der Waals surface area contributed by atoms with Gasteiger partial charge in [0.25, 0.3) is 0 Å². The lowest BCUT2D eigenvalue weighted by atomic mass is 9.65. The Morgan fingerprint density at radius 2 is 0.510 bits per heavy atom. The summed E-state index contributed by atoms with van der Waals surface area (Å²) in [6.45, 7) is 0. The minimum Gasteiger partial charge on any atom is -0.399 e. The standard InChI is InChI=1S/C43H46N6/c44-35-13-1-29(2-14-35)41(30-3-15-36(45)16-4-30)25-27-43(33-9-21-39(48)22-10-33,34-11-23-40(49)24-12-34)28-26-42(31-5-17-37(46)18-6-31)32-7-19-38(47)20-8-32/h1-24,41-42H,25-28,44-49H2. The Balaban J connectivity index is 1.47. The Morgan fingerprint density at radius 1 is 0.306 bits per heavy atom. The van der Waals surface area contributed by atoms with Crippen molar-refractivity contribution >= 4 is 34.1 Å². The summed E-state index contributed by atoms with van der Waals surface area (Å²) in [5, 5.41) is 0. The highest BCUT2D eigenvalue weighted by Crippen LogP contribution is 2.47. The van der Waals surface area contributed by atoms with E-state index in [2.05, 4.69) is 72.8 Å². The highest BCUT2D eigenvalue weighted by atomic mass is 14.6. The molecule has 0 radical (unpaired) electrons. The highest BCUT2D eigenvalue weighted by Gasteiger charge is 2.36. The summed E-state index contributed by atoms with van der Waals surface area (Å²) in [4.78, 5) is 0. The zero-order valence-electron chi connectivity index (χ0n) is 27.8. The molecule has 0 heterocycles. The molecule has 0 aliphatic heterocycles. The van der Waals surface area contributed by atoms with E-state index in [1.807, 2.05) is 72.8 Å². The van der Waals surface area contributed by atoms with E-state index in [-0.39, 0.29) is 17.3 Å². The first-order valence-electron chi connectivity index (χ1n) is 16.8. The lowest BCUT2D eigenvalue weighted by Gasteiger charge is -2.38. The van der Waals surface area contributed by atoms with Gasteiger partial charge in [0.1, 0.15) is 0 Å². The summed E-state index contributed by atoms with van der Waals surface area (Å²) in [6, 6.07) is 49.8. The Morgan fingerprint density at radius 3 is 0.735 bits per heavy atom. The van der Waals surface area contributed by atoms with Crippen LogP contribution in [0.15, 0.2) is 146 Å². The van der Waals surface area contributed by atoms with Gasteiger partial charge in [0, 0.05) is 51.4 Å². The molecule has 0 aliphatic rings. The number of hydrogen-bond donors (Lipinski definition) is 6. The van der Waals surface area contributed by atoms with E-state index >= 15 is 0 Å². The molecule has 0 unspecified atom stereocenters. The third kappa shape index (κ3) is 7.65. The number of rotatable bonds is 12. The molecule has 6 nitrogen and oxygen atoms in total. The molecule has 0 saturated heterocycles. The molecular weight excluding hydrogens is 601 g/mol. The first-order chi connectivity index (χ1) is 23.7. The Labute approximate surface area is 289 Å². The molecule has 0 amide bonds. The van der Waals surface area contributed by atoms with Crippen molar-refractivity contribution in [2.45, 2.75) is 42.9 Å². The summed E-state index contributed by atoms with van der Waals surface area (Å²) in [6.07, 6.45) is 3.46. The van der Waals surface area contributed by atoms with E-state index < -0.39 is 0 Å². The fourth-order valence-electron chi connectivity index (χ4n) is 7.22. The van der Waals surface area contributed by atoms with Crippen LogP contribution in [-0.2, 0) is 5.41 Å².